The van der Waals surface area contributed by atoms with Gasteiger partial charge in [-0.1, -0.05) is 6.07 Å². The topological polar surface area (TPSA) is 125 Å². The highest BCUT2D eigenvalue weighted by molar-refractivity contribution is 7.99. The minimum atomic E-state index is -0.710. The normalized spacial score (nSPS) is 11.5. The van der Waals surface area contributed by atoms with Crippen molar-refractivity contribution in [2.45, 2.75) is 36.4 Å². The van der Waals surface area contributed by atoms with Crippen LogP contribution in [0.3, 0.4) is 0 Å². The number of benzene rings is 1. The summed E-state index contributed by atoms with van der Waals surface area (Å²) in [6.45, 7) is 5.19. The fourth-order valence-corrected chi connectivity index (χ4v) is 2.62. The molecule has 0 atom stereocenters. The lowest BCUT2D eigenvalue weighted by Crippen LogP contribution is -2.29. The predicted molar refractivity (Wildman–Crippen MR) is 95.2 cm³/mol. The van der Waals surface area contributed by atoms with Crippen LogP contribution < -0.4 is 5.43 Å². The van der Waals surface area contributed by atoms with Crippen molar-refractivity contribution < 1.29 is 14.5 Å². The van der Waals surface area contributed by atoms with Gasteiger partial charge in [0, 0.05) is 18.7 Å². The first-order valence-corrected chi connectivity index (χ1v) is 8.30. The quantitative estimate of drug-likeness (QED) is 0.482. The zero-order valence-electron chi connectivity index (χ0n) is 14.7. The van der Waals surface area contributed by atoms with Gasteiger partial charge >= 0.3 is 6.09 Å². The number of hydrazone groups is 1. The van der Waals surface area contributed by atoms with E-state index < -0.39 is 16.6 Å². The van der Waals surface area contributed by atoms with Crippen LogP contribution in [0.5, 0.6) is 0 Å². The summed E-state index contributed by atoms with van der Waals surface area (Å²) in [5.41, 5.74) is 1.92. The Morgan fingerprint density at radius 1 is 1.46 bits per heavy atom. The average Bonchev–Trinajstić information content (AvgIpc) is 2.91. The van der Waals surface area contributed by atoms with Crippen molar-refractivity contribution in [1.29, 1.82) is 0 Å². The van der Waals surface area contributed by atoms with E-state index in [1.807, 2.05) is 0 Å². The highest BCUT2D eigenvalue weighted by Crippen LogP contribution is 2.33. The number of nitro groups is 1. The number of nitrogens with one attached hydrogen (secondary N) is 1. The fraction of sp³-hybridized carbons (Fsp3) is 0.333. The summed E-state index contributed by atoms with van der Waals surface area (Å²) in [5.74, 6) is 0. The first-order valence-electron chi connectivity index (χ1n) is 7.48. The van der Waals surface area contributed by atoms with Gasteiger partial charge in [0.05, 0.1) is 16.0 Å². The third-order valence-corrected chi connectivity index (χ3v) is 3.94. The molecule has 0 radical (unpaired) electrons. The molecule has 0 aliphatic carbocycles. The number of aromatic nitrogens is 3. The maximum atomic E-state index is 11.5. The third-order valence-electron chi connectivity index (χ3n) is 2.82. The zero-order chi connectivity index (χ0) is 19.3. The molecule has 1 aromatic carbocycles. The van der Waals surface area contributed by atoms with E-state index in [0.717, 1.165) is 11.8 Å². The van der Waals surface area contributed by atoms with Crippen LogP contribution in [0.4, 0.5) is 10.5 Å². The Morgan fingerprint density at radius 3 is 2.77 bits per heavy atom. The summed E-state index contributed by atoms with van der Waals surface area (Å²) in [6, 6.07) is 4.59. The third kappa shape index (κ3) is 5.55. The van der Waals surface area contributed by atoms with Crippen molar-refractivity contribution >= 4 is 29.8 Å². The van der Waals surface area contributed by atoms with Gasteiger partial charge in [-0.2, -0.15) is 5.10 Å². The Bertz CT molecular complexity index is 843. The Labute approximate surface area is 153 Å². The van der Waals surface area contributed by atoms with Crippen molar-refractivity contribution in [3.8, 4) is 0 Å². The van der Waals surface area contributed by atoms with Gasteiger partial charge in [-0.15, -0.1) is 10.2 Å². The molecule has 1 aromatic heterocycles. The Hall–Kier alpha value is -2.95. The van der Waals surface area contributed by atoms with E-state index in [0.29, 0.717) is 15.6 Å². The van der Waals surface area contributed by atoms with Crippen LogP contribution in [0, 0.1) is 10.1 Å². The number of hydrogen-bond acceptors (Lipinski definition) is 8. The molecule has 0 bridgehead atoms. The lowest BCUT2D eigenvalue weighted by atomic mass is 10.2. The number of nitro benzene ring substituents is 1. The van der Waals surface area contributed by atoms with Crippen LogP contribution in [0.1, 0.15) is 26.3 Å². The van der Waals surface area contributed by atoms with E-state index in [1.54, 1.807) is 44.5 Å². The largest absolute Gasteiger partial charge is 0.443 e. The molecule has 26 heavy (non-hydrogen) atoms. The number of rotatable bonds is 5. The molecule has 0 aliphatic rings. The summed E-state index contributed by atoms with van der Waals surface area (Å²) >= 11 is 1.13. The molecule has 0 spiro atoms. The molecule has 10 nitrogen and oxygen atoms in total. The molecular weight excluding hydrogens is 360 g/mol. The van der Waals surface area contributed by atoms with E-state index in [9.17, 15) is 14.9 Å². The fourth-order valence-electron chi connectivity index (χ4n) is 1.77. The zero-order valence-corrected chi connectivity index (χ0v) is 15.5. The molecule has 1 N–H and O–H groups in total. The van der Waals surface area contributed by atoms with Gasteiger partial charge in [-0.3, -0.25) is 10.1 Å². The van der Waals surface area contributed by atoms with E-state index in [-0.39, 0.29) is 5.69 Å². The highest BCUT2D eigenvalue weighted by atomic mass is 32.2. The molecule has 2 aromatic rings. The minimum absolute atomic E-state index is 0.0979. The van der Waals surface area contributed by atoms with E-state index in [4.69, 9.17) is 4.74 Å². The number of ether oxygens (including phenoxy) is 1. The van der Waals surface area contributed by atoms with Gasteiger partial charge in [-0.05, 0) is 38.6 Å². The molecule has 2 rings (SSSR count). The molecule has 0 unspecified atom stereocenters. The lowest BCUT2D eigenvalue weighted by Gasteiger charge is -2.18. The highest BCUT2D eigenvalue weighted by Gasteiger charge is 2.18. The molecule has 0 fully saturated rings. The van der Waals surface area contributed by atoms with Crippen molar-refractivity contribution in [2.24, 2.45) is 12.1 Å². The first-order chi connectivity index (χ1) is 12.2. The standard InChI is InChI=1S/C15H18N6O4S/c1-15(2,3)25-14(22)19-16-8-10-5-6-12(11(7-10)21(23)24)26-13-18-17-9-20(13)4/h5-9H,1-4H3,(H,19,22)/b16-8-. The van der Waals surface area contributed by atoms with Crippen LogP contribution in [-0.2, 0) is 11.8 Å². The van der Waals surface area contributed by atoms with Crippen LogP contribution in [0.2, 0.25) is 0 Å². The monoisotopic (exact) mass is 378 g/mol. The molecule has 0 aliphatic heterocycles. The average molecular weight is 378 g/mol. The second-order valence-electron chi connectivity index (χ2n) is 6.18. The number of nitrogens with zero attached hydrogens (tertiary/aromatic N) is 5. The second kappa shape index (κ2) is 7.95. The molecule has 1 heterocycles. The summed E-state index contributed by atoms with van der Waals surface area (Å²) in [7, 11) is 1.75. The van der Waals surface area contributed by atoms with Crippen LogP contribution in [-0.4, -0.2) is 37.6 Å². The van der Waals surface area contributed by atoms with E-state index >= 15 is 0 Å². The van der Waals surface area contributed by atoms with Crippen LogP contribution >= 0.6 is 11.8 Å². The maximum absolute atomic E-state index is 11.5. The van der Waals surface area contributed by atoms with Gasteiger partial charge in [0.15, 0.2) is 5.16 Å². The summed E-state index contributed by atoms with van der Waals surface area (Å²) in [5, 5.41) is 23.2. The van der Waals surface area contributed by atoms with Gasteiger partial charge in [0.1, 0.15) is 11.9 Å². The first kappa shape index (κ1) is 19.4. The smallest absolute Gasteiger partial charge is 0.428 e. The minimum Gasteiger partial charge on any atom is -0.443 e. The van der Waals surface area contributed by atoms with Gasteiger partial charge in [0.25, 0.3) is 5.69 Å². The maximum Gasteiger partial charge on any atom is 0.428 e. The molecule has 138 valence electrons. The molecule has 11 heteroatoms. The summed E-state index contributed by atoms with van der Waals surface area (Å²) < 4.78 is 6.70. The SMILES string of the molecule is Cn1cnnc1Sc1ccc(/C=N\NC(=O)OC(C)(C)C)cc1[N+](=O)[O-]. The number of carbonyl (C=O) groups excluding carboxylic acids is 1. The lowest BCUT2D eigenvalue weighted by molar-refractivity contribution is -0.387. The van der Waals surface area contributed by atoms with Crippen molar-refractivity contribution in [3.05, 3.63) is 40.2 Å². The number of carbonyl (C=O) groups is 1. The van der Waals surface area contributed by atoms with Crippen molar-refractivity contribution in [1.82, 2.24) is 20.2 Å². The Balaban J connectivity index is 2.12. The summed E-state index contributed by atoms with van der Waals surface area (Å²) in [6.07, 6.45) is 2.10. The van der Waals surface area contributed by atoms with Gasteiger partial charge < -0.3 is 9.30 Å². The van der Waals surface area contributed by atoms with Crippen LogP contribution in [0.25, 0.3) is 0 Å². The summed E-state index contributed by atoms with van der Waals surface area (Å²) in [4.78, 5) is 22.8. The molecule has 0 saturated carbocycles. The van der Waals surface area contributed by atoms with E-state index in [2.05, 4.69) is 20.7 Å². The number of amides is 1. The van der Waals surface area contributed by atoms with Gasteiger partial charge in [-0.25, -0.2) is 10.2 Å². The van der Waals surface area contributed by atoms with Crippen molar-refractivity contribution in [3.63, 3.8) is 0 Å². The predicted octanol–water partition coefficient (Wildman–Crippen LogP) is 2.73. The second-order valence-corrected chi connectivity index (χ2v) is 7.19. The molecule has 0 saturated heterocycles. The van der Waals surface area contributed by atoms with Crippen LogP contribution in [0.15, 0.2) is 39.7 Å². The molecule has 1 amide bonds. The Kier molecular flexibility index (Phi) is 5.93. The van der Waals surface area contributed by atoms with Gasteiger partial charge in [0.2, 0.25) is 0 Å². The van der Waals surface area contributed by atoms with E-state index in [1.165, 1.54) is 18.6 Å². The van der Waals surface area contributed by atoms with Crippen molar-refractivity contribution in [2.75, 3.05) is 0 Å². The number of hydrogen-bond donors (Lipinski definition) is 1. The molecular formula is C15H18N6O4S. The number of aryl methyl sites for hydroxylation is 1. The Morgan fingerprint density at radius 2 is 2.19 bits per heavy atom.